The molecule has 3 aromatic rings. The number of benzene rings is 3. The van der Waals surface area contributed by atoms with E-state index in [1.165, 1.54) is 6.07 Å². The zero-order valence-electron chi connectivity index (χ0n) is 18.1. The molecule has 3 rings (SSSR count). The molecule has 0 radical (unpaired) electrons. The summed E-state index contributed by atoms with van der Waals surface area (Å²) in [5, 5.41) is 3.44. The second-order valence-electron chi connectivity index (χ2n) is 6.94. The third kappa shape index (κ3) is 5.89. The second kappa shape index (κ2) is 11.2. The van der Waals surface area contributed by atoms with Crippen LogP contribution in [0.5, 0.6) is 23.0 Å². The highest BCUT2D eigenvalue weighted by Crippen LogP contribution is 2.32. The van der Waals surface area contributed by atoms with Crippen LogP contribution in [0.2, 0.25) is 0 Å². The van der Waals surface area contributed by atoms with Crippen LogP contribution in [0.3, 0.4) is 0 Å². The van der Waals surface area contributed by atoms with Gasteiger partial charge in [0.15, 0.2) is 23.0 Å². The van der Waals surface area contributed by atoms with Crippen molar-refractivity contribution in [1.82, 2.24) is 5.32 Å². The van der Waals surface area contributed by atoms with E-state index in [1.54, 1.807) is 39.5 Å². The Balaban J connectivity index is 1.62. The van der Waals surface area contributed by atoms with Gasteiger partial charge in [-0.15, -0.1) is 0 Å². The van der Waals surface area contributed by atoms with Crippen molar-refractivity contribution in [1.29, 1.82) is 0 Å². The number of para-hydroxylation sites is 1. The van der Waals surface area contributed by atoms with Crippen LogP contribution in [-0.4, -0.2) is 27.9 Å². The zero-order valence-corrected chi connectivity index (χ0v) is 18.1. The molecule has 0 saturated carbocycles. The van der Waals surface area contributed by atoms with Crippen LogP contribution in [0.15, 0.2) is 60.7 Å². The van der Waals surface area contributed by atoms with Gasteiger partial charge >= 0.3 is 0 Å². The van der Waals surface area contributed by atoms with Gasteiger partial charge in [-0.25, -0.2) is 4.39 Å². The zero-order chi connectivity index (χ0) is 22.1. The molecule has 0 saturated heterocycles. The maximum atomic E-state index is 13.9. The average molecular weight is 426 g/mol. The van der Waals surface area contributed by atoms with Gasteiger partial charge in [0, 0.05) is 17.7 Å². The molecule has 0 bridgehead atoms. The fraction of sp³-hybridized carbons (Fsp3) is 0.280. The van der Waals surface area contributed by atoms with E-state index in [4.69, 9.17) is 18.9 Å². The quantitative estimate of drug-likeness (QED) is 0.449. The molecule has 0 aromatic heterocycles. The Morgan fingerprint density at radius 3 is 2.26 bits per heavy atom. The third-order valence-electron chi connectivity index (χ3n) is 4.96. The van der Waals surface area contributed by atoms with Crippen molar-refractivity contribution in [2.75, 3.05) is 27.9 Å². The van der Waals surface area contributed by atoms with E-state index in [0.29, 0.717) is 29.4 Å². The summed E-state index contributed by atoms with van der Waals surface area (Å²) in [5.41, 5.74) is 2.59. The number of hydrogen-bond acceptors (Lipinski definition) is 5. The van der Waals surface area contributed by atoms with E-state index >= 15 is 0 Å². The molecule has 5 nitrogen and oxygen atoms in total. The lowest BCUT2D eigenvalue weighted by atomic mass is 10.1. The highest BCUT2D eigenvalue weighted by atomic mass is 19.1. The highest BCUT2D eigenvalue weighted by molar-refractivity contribution is 5.47. The van der Waals surface area contributed by atoms with Gasteiger partial charge in [0.25, 0.3) is 0 Å². The molecular formula is C25H28FNO4. The fourth-order valence-electron chi connectivity index (χ4n) is 3.28. The summed E-state index contributed by atoms with van der Waals surface area (Å²) in [7, 11) is 4.85. The van der Waals surface area contributed by atoms with Gasteiger partial charge in [-0.1, -0.05) is 36.4 Å². The number of methoxy groups -OCH3 is 3. The average Bonchev–Trinajstić information content (AvgIpc) is 2.81. The smallest absolute Gasteiger partial charge is 0.166 e. The van der Waals surface area contributed by atoms with Gasteiger partial charge in [0.05, 0.1) is 21.3 Å². The molecule has 0 aliphatic rings. The van der Waals surface area contributed by atoms with E-state index in [9.17, 15) is 4.39 Å². The molecule has 3 aromatic carbocycles. The Morgan fingerprint density at radius 2 is 1.52 bits per heavy atom. The molecule has 6 heteroatoms. The minimum atomic E-state index is -0.285. The Kier molecular flexibility index (Phi) is 8.12. The first-order valence-electron chi connectivity index (χ1n) is 10.1. The molecule has 31 heavy (non-hydrogen) atoms. The fourth-order valence-corrected chi connectivity index (χ4v) is 3.28. The van der Waals surface area contributed by atoms with Crippen molar-refractivity contribution in [2.24, 2.45) is 0 Å². The van der Waals surface area contributed by atoms with Gasteiger partial charge in [-0.05, 0) is 42.8 Å². The lowest BCUT2D eigenvalue weighted by Gasteiger charge is -2.16. The van der Waals surface area contributed by atoms with E-state index in [2.05, 4.69) is 5.32 Å². The first kappa shape index (κ1) is 22.4. The van der Waals surface area contributed by atoms with E-state index < -0.39 is 0 Å². The van der Waals surface area contributed by atoms with Crippen LogP contribution in [-0.2, 0) is 19.6 Å². The molecule has 0 heterocycles. The lowest BCUT2D eigenvalue weighted by molar-refractivity contribution is 0.276. The van der Waals surface area contributed by atoms with Crippen LogP contribution >= 0.6 is 0 Å². The molecule has 0 unspecified atom stereocenters. The third-order valence-corrected chi connectivity index (χ3v) is 4.96. The molecule has 0 amide bonds. The van der Waals surface area contributed by atoms with Crippen LogP contribution in [0.25, 0.3) is 0 Å². The van der Waals surface area contributed by atoms with Crippen molar-refractivity contribution in [2.45, 2.75) is 19.6 Å². The van der Waals surface area contributed by atoms with Crippen molar-refractivity contribution < 1.29 is 23.3 Å². The van der Waals surface area contributed by atoms with Crippen molar-refractivity contribution in [3.05, 3.63) is 83.2 Å². The predicted molar refractivity (Wildman–Crippen MR) is 119 cm³/mol. The predicted octanol–water partition coefficient (Wildman–Crippen LogP) is 4.76. The summed E-state index contributed by atoms with van der Waals surface area (Å²) < 4.78 is 36.0. The van der Waals surface area contributed by atoms with Crippen LogP contribution < -0.4 is 24.3 Å². The molecular weight excluding hydrogens is 397 g/mol. The van der Waals surface area contributed by atoms with Crippen molar-refractivity contribution >= 4 is 0 Å². The Labute approximate surface area is 182 Å². The van der Waals surface area contributed by atoms with E-state index in [1.807, 2.05) is 36.4 Å². The summed E-state index contributed by atoms with van der Waals surface area (Å²) in [5.74, 6) is 2.39. The molecule has 0 aliphatic heterocycles. The van der Waals surface area contributed by atoms with Crippen molar-refractivity contribution in [3.63, 3.8) is 0 Å². The van der Waals surface area contributed by atoms with Crippen LogP contribution in [0, 0.1) is 5.82 Å². The summed E-state index contributed by atoms with van der Waals surface area (Å²) in [6.45, 7) is 1.49. The second-order valence-corrected chi connectivity index (χ2v) is 6.94. The standard InChI is InChI=1S/C25H28FNO4/c1-28-22-12-11-18(15-24(22)30-3)13-14-27-16-19-8-6-10-23(29-2)25(19)31-17-20-7-4-5-9-21(20)26/h4-12,15,27H,13-14,16-17H2,1-3H3. The Morgan fingerprint density at radius 1 is 0.774 bits per heavy atom. The molecule has 0 spiro atoms. The lowest BCUT2D eigenvalue weighted by Crippen LogP contribution is -2.17. The maximum Gasteiger partial charge on any atom is 0.166 e. The maximum absolute atomic E-state index is 13.9. The Bertz CT molecular complexity index is 993. The first-order chi connectivity index (χ1) is 15.2. The number of rotatable bonds is 11. The molecule has 0 fully saturated rings. The molecule has 1 N–H and O–H groups in total. The van der Waals surface area contributed by atoms with Crippen LogP contribution in [0.1, 0.15) is 16.7 Å². The number of hydrogen-bond donors (Lipinski definition) is 1. The number of ether oxygens (including phenoxy) is 4. The molecule has 164 valence electrons. The molecule has 0 aliphatic carbocycles. The summed E-state index contributed by atoms with van der Waals surface area (Å²) >= 11 is 0. The summed E-state index contributed by atoms with van der Waals surface area (Å²) in [4.78, 5) is 0. The van der Waals surface area contributed by atoms with Gasteiger partial charge < -0.3 is 24.3 Å². The summed E-state index contributed by atoms with van der Waals surface area (Å²) in [6, 6.07) is 18.2. The van der Waals surface area contributed by atoms with Gasteiger partial charge in [0.2, 0.25) is 0 Å². The van der Waals surface area contributed by atoms with Crippen LogP contribution in [0.4, 0.5) is 4.39 Å². The minimum absolute atomic E-state index is 0.131. The monoisotopic (exact) mass is 425 g/mol. The van der Waals surface area contributed by atoms with Crippen molar-refractivity contribution in [3.8, 4) is 23.0 Å². The molecule has 0 atom stereocenters. The van der Waals surface area contributed by atoms with E-state index in [-0.39, 0.29) is 12.4 Å². The number of nitrogens with one attached hydrogen (secondary N) is 1. The van der Waals surface area contributed by atoms with Gasteiger partial charge in [-0.3, -0.25) is 0 Å². The minimum Gasteiger partial charge on any atom is -0.493 e. The Hall–Kier alpha value is -3.25. The highest BCUT2D eigenvalue weighted by Gasteiger charge is 2.12. The largest absolute Gasteiger partial charge is 0.493 e. The van der Waals surface area contributed by atoms with Gasteiger partial charge in [0.1, 0.15) is 12.4 Å². The van der Waals surface area contributed by atoms with Gasteiger partial charge in [-0.2, -0.15) is 0 Å². The normalized spacial score (nSPS) is 10.6. The first-order valence-corrected chi connectivity index (χ1v) is 10.1. The summed E-state index contributed by atoms with van der Waals surface area (Å²) in [6.07, 6.45) is 0.829. The number of halogens is 1. The SMILES string of the molecule is COc1ccc(CCNCc2cccc(OC)c2OCc2ccccc2F)cc1OC. The topological polar surface area (TPSA) is 49.0 Å². The van der Waals surface area contributed by atoms with E-state index in [0.717, 1.165) is 29.8 Å².